The van der Waals surface area contributed by atoms with Crippen LogP contribution in [0.15, 0.2) is 66.3 Å². The van der Waals surface area contributed by atoms with Crippen molar-refractivity contribution in [2.45, 2.75) is 17.4 Å². The smallest absolute Gasteiger partial charge is 0.263 e. The standard InChI is InChI=1S/C21H22N8O2S/c1-28(16-7-10-29(13-16)21-18-6-9-23-20(18)25-14-26-21)19-5-4-15(11-24-19)27-32(30,31)17-3-2-8-22-12-17/h2-6,8-9,11-12,14,16,27H,7,10,13H2,1H3,(H,23,25,26)/t16-/m1/s1. The Bertz CT molecular complexity index is 1320. The van der Waals surface area contributed by atoms with Gasteiger partial charge in [-0.15, -0.1) is 0 Å². The number of nitrogens with one attached hydrogen (secondary N) is 2. The molecule has 11 heteroatoms. The van der Waals surface area contributed by atoms with E-state index < -0.39 is 10.0 Å². The molecule has 4 aromatic heterocycles. The molecule has 1 fully saturated rings. The summed E-state index contributed by atoms with van der Waals surface area (Å²) in [4.78, 5) is 24.7. The highest BCUT2D eigenvalue weighted by Gasteiger charge is 2.28. The number of likely N-dealkylation sites (N-methyl/N-ethyl adjacent to an activating group) is 1. The van der Waals surface area contributed by atoms with Crippen LogP contribution in [0.2, 0.25) is 0 Å². The van der Waals surface area contributed by atoms with Gasteiger partial charge in [-0.3, -0.25) is 9.71 Å². The summed E-state index contributed by atoms with van der Waals surface area (Å²) in [5.74, 6) is 1.70. The fraction of sp³-hybridized carbons (Fsp3) is 0.238. The van der Waals surface area contributed by atoms with Gasteiger partial charge in [0, 0.05) is 44.8 Å². The molecule has 10 nitrogen and oxygen atoms in total. The van der Waals surface area contributed by atoms with Gasteiger partial charge < -0.3 is 14.8 Å². The van der Waals surface area contributed by atoms with Crippen molar-refractivity contribution in [3.63, 3.8) is 0 Å². The Morgan fingerprint density at radius 1 is 1.16 bits per heavy atom. The number of H-pyrrole nitrogens is 1. The number of pyridine rings is 2. The lowest BCUT2D eigenvalue weighted by atomic mass is 10.2. The van der Waals surface area contributed by atoms with E-state index in [0.717, 1.165) is 42.2 Å². The van der Waals surface area contributed by atoms with Crippen LogP contribution in [0.3, 0.4) is 0 Å². The van der Waals surface area contributed by atoms with Gasteiger partial charge in [-0.1, -0.05) is 0 Å². The molecule has 32 heavy (non-hydrogen) atoms. The van der Waals surface area contributed by atoms with Crippen molar-refractivity contribution in [2.24, 2.45) is 0 Å². The van der Waals surface area contributed by atoms with Crippen molar-refractivity contribution in [1.29, 1.82) is 0 Å². The van der Waals surface area contributed by atoms with Gasteiger partial charge in [0.05, 0.1) is 17.3 Å². The maximum absolute atomic E-state index is 12.5. The topological polar surface area (TPSA) is 120 Å². The monoisotopic (exact) mass is 450 g/mol. The van der Waals surface area contributed by atoms with Gasteiger partial charge in [0.1, 0.15) is 28.5 Å². The van der Waals surface area contributed by atoms with Crippen molar-refractivity contribution in [2.75, 3.05) is 34.7 Å². The molecule has 0 aliphatic carbocycles. The van der Waals surface area contributed by atoms with E-state index in [4.69, 9.17) is 0 Å². The van der Waals surface area contributed by atoms with Gasteiger partial charge in [-0.05, 0) is 36.8 Å². The van der Waals surface area contributed by atoms with Gasteiger partial charge >= 0.3 is 0 Å². The average molecular weight is 451 g/mol. The quantitative estimate of drug-likeness (QED) is 0.459. The molecule has 4 aromatic rings. The fourth-order valence-corrected chi connectivity index (χ4v) is 4.93. The second-order valence-corrected chi connectivity index (χ2v) is 9.32. The highest BCUT2D eigenvalue weighted by Crippen LogP contribution is 2.28. The maximum atomic E-state index is 12.5. The lowest BCUT2D eigenvalue weighted by molar-refractivity contribution is 0.601. The van der Waals surface area contributed by atoms with Crippen molar-refractivity contribution in [3.05, 3.63) is 61.4 Å². The van der Waals surface area contributed by atoms with Gasteiger partial charge in [-0.2, -0.15) is 0 Å². The summed E-state index contributed by atoms with van der Waals surface area (Å²) in [7, 11) is -1.70. The molecule has 1 atom stereocenters. The van der Waals surface area contributed by atoms with Crippen LogP contribution >= 0.6 is 0 Å². The van der Waals surface area contributed by atoms with E-state index >= 15 is 0 Å². The van der Waals surface area contributed by atoms with Crippen LogP contribution in [0, 0.1) is 0 Å². The molecule has 0 amide bonds. The molecule has 1 saturated heterocycles. The van der Waals surface area contributed by atoms with Crippen molar-refractivity contribution >= 4 is 38.4 Å². The van der Waals surface area contributed by atoms with Crippen molar-refractivity contribution in [1.82, 2.24) is 24.9 Å². The number of fused-ring (bicyclic) bond motifs is 1. The van der Waals surface area contributed by atoms with E-state index in [2.05, 4.69) is 39.4 Å². The molecule has 5 rings (SSSR count). The Morgan fingerprint density at radius 2 is 2.06 bits per heavy atom. The molecule has 2 N–H and O–H groups in total. The number of aromatic amines is 1. The first-order valence-electron chi connectivity index (χ1n) is 10.2. The summed E-state index contributed by atoms with van der Waals surface area (Å²) in [5, 5.41) is 1.01. The van der Waals surface area contributed by atoms with Gasteiger partial charge in [0.2, 0.25) is 0 Å². The molecule has 0 unspecified atom stereocenters. The molecule has 1 aliphatic heterocycles. The summed E-state index contributed by atoms with van der Waals surface area (Å²) >= 11 is 0. The summed E-state index contributed by atoms with van der Waals surface area (Å²) in [5.41, 5.74) is 1.23. The van der Waals surface area contributed by atoms with Crippen LogP contribution in [0.4, 0.5) is 17.3 Å². The second-order valence-electron chi connectivity index (χ2n) is 7.64. The van der Waals surface area contributed by atoms with Gasteiger partial charge in [0.25, 0.3) is 10.0 Å². The summed E-state index contributed by atoms with van der Waals surface area (Å²) < 4.78 is 27.5. The van der Waals surface area contributed by atoms with Crippen LogP contribution in [0.1, 0.15) is 6.42 Å². The first-order valence-corrected chi connectivity index (χ1v) is 11.6. The zero-order valence-electron chi connectivity index (χ0n) is 17.4. The number of nitrogens with zero attached hydrogens (tertiary/aromatic N) is 6. The third-order valence-electron chi connectivity index (χ3n) is 5.65. The molecule has 0 aromatic carbocycles. The Hall–Kier alpha value is -3.73. The Labute approximate surface area is 185 Å². The summed E-state index contributed by atoms with van der Waals surface area (Å²) in [6.07, 6.45) is 8.78. The second kappa shape index (κ2) is 8.08. The van der Waals surface area contributed by atoms with Crippen molar-refractivity contribution in [3.8, 4) is 0 Å². The number of anilines is 3. The van der Waals surface area contributed by atoms with Crippen LogP contribution in [0.25, 0.3) is 11.0 Å². The average Bonchev–Trinajstić information content (AvgIpc) is 3.49. The minimum Gasteiger partial charge on any atom is -0.355 e. The normalized spacial score (nSPS) is 16.4. The highest BCUT2D eigenvalue weighted by molar-refractivity contribution is 7.92. The van der Waals surface area contributed by atoms with E-state index in [0.29, 0.717) is 5.69 Å². The lowest BCUT2D eigenvalue weighted by Crippen LogP contribution is -2.35. The molecule has 0 saturated carbocycles. The van der Waals surface area contributed by atoms with E-state index in [-0.39, 0.29) is 10.9 Å². The molecular formula is C21H22N8O2S. The molecule has 0 radical (unpaired) electrons. The molecular weight excluding hydrogens is 428 g/mol. The molecule has 5 heterocycles. The summed E-state index contributed by atoms with van der Waals surface area (Å²) in [6.45, 7) is 1.69. The first-order chi connectivity index (χ1) is 15.5. The minimum atomic E-state index is -3.70. The van der Waals surface area contributed by atoms with Gasteiger partial charge in [0.15, 0.2) is 0 Å². The number of rotatable bonds is 6. The fourth-order valence-electron chi connectivity index (χ4n) is 3.92. The Kier molecular flexibility index (Phi) is 5.10. The number of aromatic nitrogens is 5. The number of sulfonamides is 1. The SMILES string of the molecule is CN(c1ccc(NS(=O)(=O)c2cccnc2)cn1)[C@@H]1CCN(c2ncnc3[nH]ccc23)C1. The van der Waals surface area contributed by atoms with Crippen molar-refractivity contribution < 1.29 is 8.42 Å². The summed E-state index contributed by atoms with van der Waals surface area (Å²) in [6, 6.07) is 8.86. The predicted molar refractivity (Wildman–Crippen MR) is 122 cm³/mol. The van der Waals surface area contributed by atoms with E-state index in [1.54, 1.807) is 18.5 Å². The van der Waals surface area contributed by atoms with E-state index in [9.17, 15) is 8.42 Å². The number of hydrogen-bond donors (Lipinski definition) is 2. The predicted octanol–water partition coefficient (Wildman–Crippen LogP) is 2.26. The molecule has 0 bridgehead atoms. The minimum absolute atomic E-state index is 0.105. The van der Waals surface area contributed by atoms with Crippen LogP contribution in [-0.2, 0) is 10.0 Å². The zero-order chi connectivity index (χ0) is 22.1. The van der Waals surface area contributed by atoms with E-state index in [1.165, 1.54) is 24.7 Å². The number of hydrogen-bond acceptors (Lipinski definition) is 8. The third kappa shape index (κ3) is 3.82. The highest BCUT2D eigenvalue weighted by atomic mass is 32.2. The van der Waals surface area contributed by atoms with E-state index in [1.807, 2.05) is 25.4 Å². The van der Waals surface area contributed by atoms with Crippen LogP contribution in [0.5, 0.6) is 0 Å². The van der Waals surface area contributed by atoms with Crippen LogP contribution < -0.4 is 14.5 Å². The molecule has 1 aliphatic rings. The largest absolute Gasteiger partial charge is 0.355 e. The Morgan fingerprint density at radius 3 is 2.84 bits per heavy atom. The lowest BCUT2D eigenvalue weighted by Gasteiger charge is -2.26. The van der Waals surface area contributed by atoms with Crippen LogP contribution in [-0.4, -0.2) is 59.5 Å². The maximum Gasteiger partial charge on any atom is 0.263 e. The molecule has 164 valence electrons. The van der Waals surface area contributed by atoms with Gasteiger partial charge in [-0.25, -0.2) is 23.4 Å². The first kappa shape index (κ1) is 20.2. The zero-order valence-corrected chi connectivity index (χ0v) is 18.2. The molecule has 0 spiro atoms. The third-order valence-corrected chi connectivity index (χ3v) is 7.02. The Balaban J connectivity index is 1.27.